The Morgan fingerprint density at radius 1 is 1.00 bits per heavy atom. The van der Waals surface area contributed by atoms with Crippen LogP contribution in [-0.2, 0) is 30.3 Å². The minimum atomic E-state index is -0.639. The van der Waals surface area contributed by atoms with Crippen molar-refractivity contribution in [3.63, 3.8) is 0 Å². The van der Waals surface area contributed by atoms with Crippen molar-refractivity contribution in [1.29, 1.82) is 0 Å². The third-order valence-corrected chi connectivity index (χ3v) is 5.77. The van der Waals surface area contributed by atoms with Gasteiger partial charge in [0, 0.05) is 19.1 Å². The predicted octanol–water partition coefficient (Wildman–Crippen LogP) is 4.78. The van der Waals surface area contributed by atoms with E-state index in [4.69, 9.17) is 18.9 Å². The van der Waals surface area contributed by atoms with Gasteiger partial charge in [-0.2, -0.15) is 0 Å². The molecule has 3 rings (SSSR count). The van der Waals surface area contributed by atoms with E-state index >= 15 is 0 Å². The summed E-state index contributed by atoms with van der Waals surface area (Å²) in [6, 6.07) is 14.9. The van der Waals surface area contributed by atoms with E-state index in [0.29, 0.717) is 25.9 Å². The molecule has 192 valence electrons. The SMILES string of the molecule is CC[C@@H](OC(=O)c1ccc([N+](=O)[O-])cc1)[C@@H]1CC=CC[C@H]([C@@H](COCc2ccccc2)OC(C)=O)O1. The number of esters is 2. The Hall–Kier alpha value is -3.56. The number of carbonyl (C=O) groups is 2. The molecule has 0 aromatic heterocycles. The van der Waals surface area contributed by atoms with Crippen molar-refractivity contribution in [2.75, 3.05) is 6.61 Å². The first-order chi connectivity index (χ1) is 17.4. The second kappa shape index (κ2) is 13.5. The highest BCUT2D eigenvalue weighted by molar-refractivity contribution is 5.89. The Kier molecular flexibility index (Phi) is 10.1. The second-order valence-electron chi connectivity index (χ2n) is 8.46. The van der Waals surface area contributed by atoms with Crippen molar-refractivity contribution in [2.24, 2.45) is 0 Å². The summed E-state index contributed by atoms with van der Waals surface area (Å²) in [4.78, 5) is 34.8. The summed E-state index contributed by atoms with van der Waals surface area (Å²) in [5, 5.41) is 10.9. The fourth-order valence-electron chi connectivity index (χ4n) is 3.92. The number of nitro benzene ring substituents is 1. The Morgan fingerprint density at radius 2 is 1.64 bits per heavy atom. The number of rotatable bonds is 11. The van der Waals surface area contributed by atoms with E-state index in [1.54, 1.807) is 0 Å². The smallest absolute Gasteiger partial charge is 0.338 e. The van der Waals surface area contributed by atoms with Gasteiger partial charge >= 0.3 is 11.9 Å². The van der Waals surface area contributed by atoms with Crippen LogP contribution in [0.15, 0.2) is 66.7 Å². The van der Waals surface area contributed by atoms with Crippen LogP contribution in [0.4, 0.5) is 5.69 Å². The van der Waals surface area contributed by atoms with Crippen molar-refractivity contribution in [3.8, 4) is 0 Å². The van der Waals surface area contributed by atoms with Gasteiger partial charge in [0.05, 0.1) is 29.8 Å². The van der Waals surface area contributed by atoms with Gasteiger partial charge in [-0.15, -0.1) is 0 Å². The Morgan fingerprint density at radius 3 is 2.22 bits per heavy atom. The summed E-state index contributed by atoms with van der Waals surface area (Å²) in [7, 11) is 0. The van der Waals surface area contributed by atoms with E-state index in [0.717, 1.165) is 5.56 Å². The Bertz CT molecular complexity index is 1040. The number of non-ortho nitro benzene ring substituents is 1. The minimum absolute atomic E-state index is 0.107. The van der Waals surface area contributed by atoms with Gasteiger partial charge in [0.1, 0.15) is 12.2 Å². The molecule has 0 N–H and O–H groups in total. The zero-order chi connectivity index (χ0) is 25.9. The van der Waals surface area contributed by atoms with Crippen LogP contribution in [0.25, 0.3) is 0 Å². The van der Waals surface area contributed by atoms with E-state index in [9.17, 15) is 19.7 Å². The summed E-state index contributed by atoms with van der Waals surface area (Å²) in [5.74, 6) is -1.03. The average molecular weight is 498 g/mol. The summed E-state index contributed by atoms with van der Waals surface area (Å²) in [6.45, 7) is 3.75. The molecule has 0 unspecified atom stereocenters. The molecule has 1 aliphatic rings. The Labute approximate surface area is 210 Å². The number of carbonyl (C=O) groups excluding carboxylic acids is 2. The zero-order valence-electron chi connectivity index (χ0n) is 20.4. The van der Waals surface area contributed by atoms with Crippen molar-refractivity contribution in [1.82, 2.24) is 0 Å². The van der Waals surface area contributed by atoms with Gasteiger partial charge in [-0.25, -0.2) is 4.79 Å². The quantitative estimate of drug-likeness (QED) is 0.189. The molecule has 0 radical (unpaired) electrons. The van der Waals surface area contributed by atoms with E-state index in [1.165, 1.54) is 31.2 Å². The summed E-state index contributed by atoms with van der Waals surface area (Å²) >= 11 is 0. The van der Waals surface area contributed by atoms with Crippen LogP contribution in [0.3, 0.4) is 0 Å². The van der Waals surface area contributed by atoms with Gasteiger partial charge in [0.2, 0.25) is 0 Å². The molecule has 0 amide bonds. The topological polar surface area (TPSA) is 114 Å². The molecule has 36 heavy (non-hydrogen) atoms. The van der Waals surface area contributed by atoms with E-state index in [-0.39, 0.29) is 17.9 Å². The van der Waals surface area contributed by atoms with Gasteiger partial charge in [0.25, 0.3) is 5.69 Å². The Balaban J connectivity index is 1.65. The van der Waals surface area contributed by atoms with E-state index in [2.05, 4.69) is 0 Å². The molecular formula is C27H31NO8. The second-order valence-corrected chi connectivity index (χ2v) is 8.46. The third-order valence-electron chi connectivity index (χ3n) is 5.77. The number of hydrogen-bond acceptors (Lipinski definition) is 8. The first-order valence-electron chi connectivity index (χ1n) is 11.9. The van der Waals surface area contributed by atoms with Crippen LogP contribution in [0.1, 0.15) is 49.0 Å². The van der Waals surface area contributed by atoms with Crippen molar-refractivity contribution >= 4 is 17.6 Å². The molecule has 0 spiro atoms. The maximum atomic E-state index is 12.7. The molecule has 0 aliphatic carbocycles. The fraction of sp³-hybridized carbons (Fsp3) is 0.407. The van der Waals surface area contributed by atoms with Crippen LogP contribution in [0.2, 0.25) is 0 Å². The maximum Gasteiger partial charge on any atom is 0.338 e. The molecule has 9 heteroatoms. The number of ether oxygens (including phenoxy) is 4. The first kappa shape index (κ1) is 27.0. The van der Waals surface area contributed by atoms with Gasteiger partial charge in [-0.1, -0.05) is 49.4 Å². The number of hydrogen-bond donors (Lipinski definition) is 0. The highest BCUT2D eigenvalue weighted by Crippen LogP contribution is 2.24. The van der Waals surface area contributed by atoms with Crippen molar-refractivity contribution < 1.29 is 33.5 Å². The number of nitro groups is 1. The van der Waals surface area contributed by atoms with Crippen molar-refractivity contribution in [2.45, 2.75) is 64.1 Å². The van der Waals surface area contributed by atoms with E-state index < -0.39 is 41.3 Å². The molecule has 1 aliphatic heterocycles. The minimum Gasteiger partial charge on any atom is -0.457 e. The van der Waals surface area contributed by atoms with E-state index in [1.807, 2.05) is 49.4 Å². The highest BCUT2D eigenvalue weighted by Gasteiger charge is 2.33. The normalized spacial score (nSPS) is 19.1. The lowest BCUT2D eigenvalue weighted by molar-refractivity contribution is -0.384. The van der Waals surface area contributed by atoms with Gasteiger partial charge < -0.3 is 18.9 Å². The maximum absolute atomic E-state index is 12.7. The van der Waals surface area contributed by atoms with Gasteiger partial charge in [-0.3, -0.25) is 14.9 Å². The molecule has 2 aromatic rings. The lowest BCUT2D eigenvalue weighted by Crippen LogP contribution is -2.42. The molecule has 9 nitrogen and oxygen atoms in total. The lowest BCUT2D eigenvalue weighted by Gasteiger charge is -2.31. The molecular weight excluding hydrogens is 466 g/mol. The molecule has 2 aromatic carbocycles. The average Bonchev–Trinajstić information content (AvgIpc) is 3.13. The fourth-order valence-corrected chi connectivity index (χ4v) is 3.92. The molecule has 0 saturated carbocycles. The summed E-state index contributed by atoms with van der Waals surface area (Å²) in [6.07, 6.45) is 3.28. The lowest BCUT2D eigenvalue weighted by atomic mass is 10.1. The number of nitrogens with zero attached hydrogens (tertiary/aromatic N) is 1. The van der Waals surface area contributed by atoms with Gasteiger partial charge in [0.15, 0.2) is 6.10 Å². The van der Waals surface area contributed by atoms with Crippen LogP contribution in [0, 0.1) is 10.1 Å². The van der Waals surface area contributed by atoms with Gasteiger partial charge in [-0.05, 0) is 37.0 Å². The molecule has 0 fully saturated rings. The molecule has 0 saturated heterocycles. The third kappa shape index (κ3) is 8.00. The van der Waals surface area contributed by atoms with Crippen LogP contribution in [0.5, 0.6) is 0 Å². The van der Waals surface area contributed by atoms with Crippen LogP contribution >= 0.6 is 0 Å². The summed E-state index contributed by atoms with van der Waals surface area (Å²) in [5.41, 5.74) is 1.11. The molecule has 0 bridgehead atoms. The number of benzene rings is 2. The predicted molar refractivity (Wildman–Crippen MR) is 131 cm³/mol. The highest BCUT2D eigenvalue weighted by atomic mass is 16.6. The molecule has 4 atom stereocenters. The standard InChI is InChI=1S/C27H31NO8/c1-3-23(36-27(30)21-13-15-22(16-14-21)28(31)32)24-11-7-8-12-25(35-24)26(34-19(2)29)18-33-17-20-9-5-4-6-10-20/h4-10,13-16,23-26H,3,11-12,17-18H2,1-2H3/t23-,24+,25-,26-/m1/s1. The van der Waals surface area contributed by atoms with Crippen LogP contribution < -0.4 is 0 Å². The summed E-state index contributed by atoms with van der Waals surface area (Å²) < 4.78 is 23.4. The monoisotopic (exact) mass is 497 g/mol. The first-order valence-corrected chi connectivity index (χ1v) is 11.9. The van der Waals surface area contributed by atoms with Crippen LogP contribution in [-0.4, -0.2) is 47.9 Å². The molecule has 1 heterocycles. The zero-order valence-corrected chi connectivity index (χ0v) is 20.4. The van der Waals surface area contributed by atoms with Crippen molar-refractivity contribution in [3.05, 3.63) is 88.0 Å². The largest absolute Gasteiger partial charge is 0.457 e.